The van der Waals surface area contributed by atoms with E-state index in [4.69, 9.17) is 0 Å². The van der Waals surface area contributed by atoms with Crippen molar-refractivity contribution in [2.45, 2.75) is 6.92 Å². The number of hydrogen-bond acceptors (Lipinski definition) is 3. The van der Waals surface area contributed by atoms with Gasteiger partial charge in [0, 0.05) is 44.8 Å². The first-order valence-corrected chi connectivity index (χ1v) is 6.63. The molecular weight excluding hydrogens is 281 g/mol. The molecule has 1 heterocycles. The van der Waals surface area contributed by atoms with Crippen LogP contribution < -0.4 is 10.6 Å². The van der Waals surface area contributed by atoms with Crippen LogP contribution in [0, 0.1) is 12.7 Å². The van der Waals surface area contributed by atoms with Gasteiger partial charge in [0.15, 0.2) is 0 Å². The van der Waals surface area contributed by atoms with Crippen LogP contribution >= 0.6 is 12.4 Å². The number of piperazine rings is 1. The van der Waals surface area contributed by atoms with Crippen LogP contribution in [0.4, 0.5) is 4.39 Å². The van der Waals surface area contributed by atoms with Crippen molar-refractivity contribution in [2.75, 3.05) is 39.3 Å². The lowest BCUT2D eigenvalue weighted by atomic mass is 10.1. The Bertz CT molecular complexity index is 430. The number of hydrogen-bond donors (Lipinski definition) is 2. The van der Waals surface area contributed by atoms with Crippen molar-refractivity contribution in [1.29, 1.82) is 0 Å². The van der Waals surface area contributed by atoms with Gasteiger partial charge in [-0.3, -0.25) is 9.69 Å². The molecule has 1 aromatic rings. The van der Waals surface area contributed by atoms with Crippen LogP contribution in [0.5, 0.6) is 0 Å². The molecule has 0 unspecified atom stereocenters. The molecule has 0 aliphatic carbocycles. The molecule has 1 aliphatic heterocycles. The molecule has 1 aromatic carbocycles. The maximum absolute atomic E-state index is 13.2. The van der Waals surface area contributed by atoms with Crippen LogP contribution in [0.3, 0.4) is 0 Å². The van der Waals surface area contributed by atoms with E-state index in [1.165, 1.54) is 12.1 Å². The Morgan fingerprint density at radius 3 is 2.70 bits per heavy atom. The lowest BCUT2D eigenvalue weighted by molar-refractivity contribution is 0.0946. The average molecular weight is 302 g/mol. The minimum atomic E-state index is -0.368. The van der Waals surface area contributed by atoms with Gasteiger partial charge in [0.05, 0.1) is 0 Å². The zero-order valence-corrected chi connectivity index (χ0v) is 12.4. The van der Waals surface area contributed by atoms with Gasteiger partial charge in [-0.2, -0.15) is 0 Å². The lowest BCUT2D eigenvalue weighted by Crippen LogP contribution is -2.46. The Morgan fingerprint density at radius 2 is 2.05 bits per heavy atom. The van der Waals surface area contributed by atoms with E-state index in [9.17, 15) is 9.18 Å². The van der Waals surface area contributed by atoms with E-state index in [1.54, 1.807) is 13.0 Å². The first kappa shape index (κ1) is 16.9. The molecule has 1 saturated heterocycles. The summed E-state index contributed by atoms with van der Waals surface area (Å²) >= 11 is 0. The fraction of sp³-hybridized carbons (Fsp3) is 0.500. The molecule has 112 valence electrons. The normalized spacial score (nSPS) is 15.5. The van der Waals surface area contributed by atoms with Gasteiger partial charge in [-0.05, 0) is 30.7 Å². The van der Waals surface area contributed by atoms with Gasteiger partial charge in [-0.25, -0.2) is 4.39 Å². The number of benzene rings is 1. The van der Waals surface area contributed by atoms with Crippen molar-refractivity contribution in [3.63, 3.8) is 0 Å². The molecule has 0 aromatic heterocycles. The molecule has 4 nitrogen and oxygen atoms in total. The Balaban J connectivity index is 0.00000200. The molecule has 2 N–H and O–H groups in total. The fourth-order valence-electron chi connectivity index (χ4n) is 2.23. The molecule has 0 spiro atoms. The van der Waals surface area contributed by atoms with Crippen LogP contribution in [0.1, 0.15) is 15.9 Å². The first-order chi connectivity index (χ1) is 9.15. The molecule has 20 heavy (non-hydrogen) atoms. The second-order valence-corrected chi connectivity index (χ2v) is 4.86. The monoisotopic (exact) mass is 301 g/mol. The van der Waals surface area contributed by atoms with Crippen molar-refractivity contribution in [3.8, 4) is 0 Å². The largest absolute Gasteiger partial charge is 0.351 e. The van der Waals surface area contributed by atoms with Crippen LogP contribution in [0.2, 0.25) is 0 Å². The predicted octanol–water partition coefficient (Wildman–Crippen LogP) is 1.19. The summed E-state index contributed by atoms with van der Waals surface area (Å²) in [7, 11) is 0. The quantitative estimate of drug-likeness (QED) is 0.878. The Kier molecular flexibility index (Phi) is 6.91. The molecular formula is C14H21ClFN3O. The van der Waals surface area contributed by atoms with Gasteiger partial charge >= 0.3 is 0 Å². The summed E-state index contributed by atoms with van der Waals surface area (Å²) in [5.41, 5.74) is 1.14. The summed E-state index contributed by atoms with van der Waals surface area (Å²) in [5, 5.41) is 6.11. The van der Waals surface area contributed by atoms with E-state index in [1.807, 2.05) is 0 Å². The van der Waals surface area contributed by atoms with E-state index in [0.717, 1.165) is 38.3 Å². The molecule has 1 amide bonds. The minimum absolute atomic E-state index is 0. The molecule has 0 radical (unpaired) electrons. The first-order valence-electron chi connectivity index (χ1n) is 6.63. The third kappa shape index (κ3) is 5.07. The van der Waals surface area contributed by atoms with Crippen molar-refractivity contribution in [1.82, 2.24) is 15.5 Å². The lowest BCUT2D eigenvalue weighted by Gasteiger charge is -2.27. The van der Waals surface area contributed by atoms with E-state index in [2.05, 4.69) is 15.5 Å². The second kappa shape index (κ2) is 8.19. The highest BCUT2D eigenvalue weighted by Gasteiger charge is 2.11. The molecule has 0 saturated carbocycles. The zero-order chi connectivity index (χ0) is 13.7. The van der Waals surface area contributed by atoms with Crippen molar-refractivity contribution in [3.05, 3.63) is 35.1 Å². The van der Waals surface area contributed by atoms with Gasteiger partial charge in [0.2, 0.25) is 0 Å². The van der Waals surface area contributed by atoms with Gasteiger partial charge < -0.3 is 10.6 Å². The van der Waals surface area contributed by atoms with Gasteiger partial charge in [0.1, 0.15) is 5.82 Å². The van der Waals surface area contributed by atoms with E-state index >= 15 is 0 Å². The Hall–Kier alpha value is -1.17. The van der Waals surface area contributed by atoms with Gasteiger partial charge in [-0.1, -0.05) is 0 Å². The van der Waals surface area contributed by atoms with Crippen LogP contribution in [0.25, 0.3) is 0 Å². The molecule has 1 fully saturated rings. The Labute approximate surface area is 125 Å². The topological polar surface area (TPSA) is 44.4 Å². The highest BCUT2D eigenvalue weighted by molar-refractivity contribution is 5.94. The second-order valence-electron chi connectivity index (χ2n) is 4.86. The fourth-order valence-corrected chi connectivity index (χ4v) is 2.23. The number of nitrogens with one attached hydrogen (secondary N) is 2. The summed E-state index contributed by atoms with van der Waals surface area (Å²) in [4.78, 5) is 14.2. The highest BCUT2D eigenvalue weighted by Crippen LogP contribution is 2.08. The van der Waals surface area contributed by atoms with Gasteiger partial charge in [-0.15, -0.1) is 12.4 Å². The number of carbonyl (C=O) groups is 1. The molecule has 1 aliphatic rings. The molecule has 6 heteroatoms. The molecule has 0 bridgehead atoms. The summed E-state index contributed by atoms with van der Waals surface area (Å²) in [6.07, 6.45) is 0. The maximum Gasteiger partial charge on any atom is 0.251 e. The van der Waals surface area contributed by atoms with Crippen molar-refractivity contribution < 1.29 is 9.18 Å². The number of nitrogens with zero attached hydrogens (tertiary/aromatic N) is 1. The van der Waals surface area contributed by atoms with Crippen LogP contribution in [-0.4, -0.2) is 50.1 Å². The van der Waals surface area contributed by atoms with Crippen molar-refractivity contribution in [2.24, 2.45) is 0 Å². The maximum atomic E-state index is 13.2. The number of rotatable bonds is 4. The summed E-state index contributed by atoms with van der Waals surface area (Å²) in [5.74, 6) is -0.579. The minimum Gasteiger partial charge on any atom is -0.351 e. The third-order valence-corrected chi connectivity index (χ3v) is 3.23. The average Bonchev–Trinajstić information content (AvgIpc) is 2.38. The highest BCUT2D eigenvalue weighted by atomic mass is 35.5. The number of aryl methyl sites for hydroxylation is 1. The SMILES string of the molecule is Cc1cc(F)cc(C(=O)NCCN2CCNCC2)c1.Cl. The standard InChI is InChI=1S/C14H20FN3O.ClH/c1-11-8-12(10-13(15)9-11)14(19)17-4-7-18-5-2-16-3-6-18;/h8-10,16H,2-7H2,1H3,(H,17,19);1H. The number of carbonyl (C=O) groups excluding carboxylic acids is 1. The summed E-state index contributed by atoms with van der Waals surface area (Å²) < 4.78 is 13.2. The van der Waals surface area contributed by atoms with Crippen molar-refractivity contribution >= 4 is 18.3 Å². The molecule has 0 atom stereocenters. The smallest absolute Gasteiger partial charge is 0.251 e. The summed E-state index contributed by atoms with van der Waals surface area (Å²) in [6, 6.07) is 4.38. The number of halogens is 2. The van der Waals surface area contributed by atoms with Crippen LogP contribution in [0.15, 0.2) is 18.2 Å². The number of amides is 1. The summed E-state index contributed by atoms with van der Waals surface area (Å²) in [6.45, 7) is 7.22. The molecule has 2 rings (SSSR count). The van der Waals surface area contributed by atoms with E-state index in [0.29, 0.717) is 12.1 Å². The van der Waals surface area contributed by atoms with Crippen LogP contribution in [-0.2, 0) is 0 Å². The van der Waals surface area contributed by atoms with E-state index in [-0.39, 0.29) is 24.1 Å². The Morgan fingerprint density at radius 1 is 1.35 bits per heavy atom. The predicted molar refractivity (Wildman–Crippen MR) is 80.0 cm³/mol. The van der Waals surface area contributed by atoms with Gasteiger partial charge in [0.25, 0.3) is 5.91 Å². The third-order valence-electron chi connectivity index (χ3n) is 3.23. The zero-order valence-electron chi connectivity index (χ0n) is 11.6. The van der Waals surface area contributed by atoms with E-state index < -0.39 is 0 Å².